The molecule has 2 rings (SSSR count). The standard InChI is InChI=1S/C8H14N4O/c9-4-3-6(13)8-10-7(11-12-8)5-1-2-5/h5-6,13H,1-4,9H2,(H,10,11,12)/t6-/m0/s1. The molecule has 1 aliphatic carbocycles. The molecule has 0 radical (unpaired) electrons. The maximum absolute atomic E-state index is 9.51. The highest BCUT2D eigenvalue weighted by Gasteiger charge is 2.27. The van der Waals surface area contributed by atoms with E-state index in [0.29, 0.717) is 24.7 Å². The number of nitrogens with two attached hydrogens (primary N) is 1. The fourth-order valence-electron chi connectivity index (χ4n) is 1.26. The number of aliphatic hydroxyl groups is 1. The molecule has 1 aliphatic rings. The summed E-state index contributed by atoms with van der Waals surface area (Å²) in [4.78, 5) is 4.22. The maximum atomic E-state index is 9.51. The van der Waals surface area contributed by atoms with E-state index in [1.807, 2.05) is 0 Å². The molecule has 72 valence electrons. The fraction of sp³-hybridized carbons (Fsp3) is 0.750. The molecule has 1 saturated carbocycles. The molecule has 0 aromatic carbocycles. The van der Waals surface area contributed by atoms with Crippen LogP contribution in [0, 0.1) is 0 Å². The summed E-state index contributed by atoms with van der Waals surface area (Å²) in [7, 11) is 0. The van der Waals surface area contributed by atoms with Crippen LogP contribution in [0.2, 0.25) is 0 Å². The fourth-order valence-corrected chi connectivity index (χ4v) is 1.26. The third kappa shape index (κ3) is 1.87. The van der Waals surface area contributed by atoms with Gasteiger partial charge in [0.25, 0.3) is 0 Å². The Morgan fingerprint density at radius 3 is 3.00 bits per heavy atom. The van der Waals surface area contributed by atoms with Crippen molar-refractivity contribution in [1.29, 1.82) is 0 Å². The Balaban J connectivity index is 2.03. The molecular formula is C8H14N4O. The molecule has 1 fully saturated rings. The smallest absolute Gasteiger partial charge is 0.179 e. The lowest BCUT2D eigenvalue weighted by atomic mass is 10.2. The number of nitrogens with zero attached hydrogens (tertiary/aromatic N) is 2. The van der Waals surface area contributed by atoms with Crippen LogP contribution in [0.4, 0.5) is 0 Å². The first-order chi connectivity index (χ1) is 6.31. The molecule has 13 heavy (non-hydrogen) atoms. The van der Waals surface area contributed by atoms with Crippen molar-refractivity contribution in [3.8, 4) is 0 Å². The molecule has 1 heterocycles. The molecular weight excluding hydrogens is 168 g/mol. The van der Waals surface area contributed by atoms with Gasteiger partial charge in [-0.2, -0.15) is 5.10 Å². The first-order valence-electron chi connectivity index (χ1n) is 4.61. The van der Waals surface area contributed by atoms with Crippen LogP contribution in [0.1, 0.15) is 42.9 Å². The van der Waals surface area contributed by atoms with Crippen molar-refractivity contribution >= 4 is 0 Å². The Labute approximate surface area is 76.4 Å². The van der Waals surface area contributed by atoms with Crippen molar-refractivity contribution in [3.05, 3.63) is 11.6 Å². The molecule has 0 amide bonds. The topological polar surface area (TPSA) is 87.8 Å². The van der Waals surface area contributed by atoms with Gasteiger partial charge in [-0.1, -0.05) is 0 Å². The van der Waals surface area contributed by atoms with Crippen molar-refractivity contribution in [1.82, 2.24) is 15.2 Å². The second-order valence-corrected chi connectivity index (χ2v) is 3.45. The van der Waals surface area contributed by atoms with E-state index in [1.54, 1.807) is 0 Å². The molecule has 1 aromatic rings. The lowest BCUT2D eigenvalue weighted by Gasteiger charge is -2.01. The molecule has 0 unspecified atom stereocenters. The minimum Gasteiger partial charge on any atom is -0.385 e. The maximum Gasteiger partial charge on any atom is 0.179 e. The zero-order chi connectivity index (χ0) is 9.26. The van der Waals surface area contributed by atoms with Gasteiger partial charge in [0.05, 0.1) is 0 Å². The Kier molecular flexibility index (Phi) is 2.28. The Bertz CT molecular complexity index is 281. The van der Waals surface area contributed by atoms with Crippen LogP contribution in [-0.4, -0.2) is 26.8 Å². The average molecular weight is 182 g/mol. The predicted molar refractivity (Wildman–Crippen MR) is 47.0 cm³/mol. The largest absolute Gasteiger partial charge is 0.385 e. The van der Waals surface area contributed by atoms with Crippen LogP contribution in [-0.2, 0) is 0 Å². The highest BCUT2D eigenvalue weighted by molar-refractivity contribution is 5.05. The molecule has 0 spiro atoms. The Hall–Kier alpha value is -0.940. The normalized spacial score (nSPS) is 18.9. The zero-order valence-electron chi connectivity index (χ0n) is 7.40. The SMILES string of the molecule is NCC[C@H](O)c1n[nH]c(C2CC2)n1. The molecule has 0 aliphatic heterocycles. The summed E-state index contributed by atoms with van der Waals surface area (Å²) in [6.07, 6.45) is 2.26. The van der Waals surface area contributed by atoms with Gasteiger partial charge in [0.2, 0.25) is 0 Å². The zero-order valence-corrected chi connectivity index (χ0v) is 7.40. The van der Waals surface area contributed by atoms with Gasteiger partial charge < -0.3 is 10.8 Å². The van der Waals surface area contributed by atoms with E-state index in [0.717, 1.165) is 5.82 Å². The number of nitrogens with one attached hydrogen (secondary N) is 1. The van der Waals surface area contributed by atoms with Crippen LogP contribution in [0.15, 0.2) is 0 Å². The number of aromatic nitrogens is 3. The van der Waals surface area contributed by atoms with Gasteiger partial charge in [0.1, 0.15) is 11.9 Å². The number of hydrogen-bond donors (Lipinski definition) is 3. The van der Waals surface area contributed by atoms with Crippen molar-refractivity contribution < 1.29 is 5.11 Å². The molecule has 0 bridgehead atoms. The molecule has 1 aromatic heterocycles. The molecule has 5 heteroatoms. The van der Waals surface area contributed by atoms with Crippen LogP contribution >= 0.6 is 0 Å². The van der Waals surface area contributed by atoms with Gasteiger partial charge in [-0.05, 0) is 25.8 Å². The van der Waals surface area contributed by atoms with Crippen molar-refractivity contribution in [3.63, 3.8) is 0 Å². The minimum absolute atomic E-state index is 0.453. The number of aromatic amines is 1. The van der Waals surface area contributed by atoms with E-state index in [-0.39, 0.29) is 0 Å². The highest BCUT2D eigenvalue weighted by atomic mass is 16.3. The van der Waals surface area contributed by atoms with Gasteiger partial charge in [-0.25, -0.2) is 4.98 Å². The summed E-state index contributed by atoms with van der Waals surface area (Å²) in [6, 6.07) is 0. The van der Waals surface area contributed by atoms with Crippen LogP contribution in [0.5, 0.6) is 0 Å². The predicted octanol–water partition coefficient (Wildman–Crippen LogP) is 0.0643. The quantitative estimate of drug-likeness (QED) is 0.614. The summed E-state index contributed by atoms with van der Waals surface area (Å²) in [6.45, 7) is 0.453. The molecule has 0 saturated heterocycles. The van der Waals surface area contributed by atoms with Crippen LogP contribution in [0.25, 0.3) is 0 Å². The van der Waals surface area contributed by atoms with E-state index in [1.165, 1.54) is 12.8 Å². The highest BCUT2D eigenvalue weighted by Crippen LogP contribution is 2.38. The van der Waals surface area contributed by atoms with E-state index in [4.69, 9.17) is 5.73 Å². The van der Waals surface area contributed by atoms with E-state index in [9.17, 15) is 5.11 Å². The number of rotatable bonds is 4. The average Bonchev–Trinajstić information content (AvgIpc) is 2.84. The number of hydrogen-bond acceptors (Lipinski definition) is 4. The van der Waals surface area contributed by atoms with Gasteiger partial charge in [-0.15, -0.1) is 0 Å². The summed E-state index contributed by atoms with van der Waals surface area (Å²) in [5.41, 5.74) is 5.32. The van der Waals surface area contributed by atoms with Crippen LogP contribution < -0.4 is 5.73 Å². The third-order valence-corrected chi connectivity index (χ3v) is 2.22. The minimum atomic E-state index is -0.617. The van der Waals surface area contributed by atoms with Crippen LogP contribution in [0.3, 0.4) is 0 Å². The summed E-state index contributed by atoms with van der Waals surface area (Å²) in [5.74, 6) is 1.93. The van der Waals surface area contributed by atoms with Gasteiger partial charge >= 0.3 is 0 Å². The van der Waals surface area contributed by atoms with Gasteiger partial charge in [-0.3, -0.25) is 5.10 Å². The van der Waals surface area contributed by atoms with Crippen molar-refractivity contribution in [2.75, 3.05) is 6.54 Å². The van der Waals surface area contributed by atoms with E-state index >= 15 is 0 Å². The Morgan fingerprint density at radius 1 is 1.62 bits per heavy atom. The van der Waals surface area contributed by atoms with E-state index < -0.39 is 6.10 Å². The summed E-state index contributed by atoms with van der Waals surface area (Å²) < 4.78 is 0. The third-order valence-electron chi connectivity index (χ3n) is 2.22. The van der Waals surface area contributed by atoms with Crippen molar-refractivity contribution in [2.45, 2.75) is 31.3 Å². The summed E-state index contributed by atoms with van der Waals surface area (Å²) in [5, 5.41) is 16.3. The molecule has 4 N–H and O–H groups in total. The summed E-state index contributed by atoms with van der Waals surface area (Å²) >= 11 is 0. The number of aliphatic hydroxyl groups excluding tert-OH is 1. The second kappa shape index (κ2) is 3.43. The molecule has 5 nitrogen and oxygen atoms in total. The first kappa shape index (κ1) is 8.65. The first-order valence-corrected chi connectivity index (χ1v) is 4.61. The monoisotopic (exact) mass is 182 g/mol. The van der Waals surface area contributed by atoms with Crippen molar-refractivity contribution in [2.24, 2.45) is 5.73 Å². The second-order valence-electron chi connectivity index (χ2n) is 3.45. The lowest BCUT2D eigenvalue weighted by molar-refractivity contribution is 0.161. The van der Waals surface area contributed by atoms with Gasteiger partial charge in [0, 0.05) is 5.92 Å². The lowest BCUT2D eigenvalue weighted by Crippen LogP contribution is -2.08. The molecule has 1 atom stereocenters. The van der Waals surface area contributed by atoms with Gasteiger partial charge in [0.15, 0.2) is 5.82 Å². The Morgan fingerprint density at radius 2 is 2.38 bits per heavy atom. The number of H-pyrrole nitrogens is 1. The van der Waals surface area contributed by atoms with E-state index in [2.05, 4.69) is 15.2 Å².